The van der Waals surface area contributed by atoms with Gasteiger partial charge in [0.05, 0.1) is 5.69 Å². The highest BCUT2D eigenvalue weighted by atomic mass is 16.5. The van der Waals surface area contributed by atoms with Gasteiger partial charge in [0.15, 0.2) is 12.0 Å². The quantitative estimate of drug-likeness (QED) is 0.202. The molecule has 3 nitrogen and oxygen atoms in total. The van der Waals surface area contributed by atoms with Crippen molar-refractivity contribution < 1.29 is 4.74 Å². The lowest BCUT2D eigenvalue weighted by Gasteiger charge is -2.26. The number of anilines is 4. The number of hydrogen-bond acceptors (Lipinski definition) is 3. The molecule has 46 heavy (non-hydrogen) atoms. The summed E-state index contributed by atoms with van der Waals surface area (Å²) in [6.07, 6.45) is -0.278. The van der Waals surface area contributed by atoms with E-state index in [9.17, 15) is 0 Å². The maximum atomic E-state index is 6.83. The first-order chi connectivity index (χ1) is 22.8. The summed E-state index contributed by atoms with van der Waals surface area (Å²) in [4.78, 5) is 2.33. The molecule has 8 aromatic rings. The molecular formula is C43H30N2O. The summed E-state index contributed by atoms with van der Waals surface area (Å²) in [5.74, 6) is 0.884. The molecule has 0 fully saturated rings. The third-order valence-electron chi connectivity index (χ3n) is 9.04. The second-order valence-electron chi connectivity index (χ2n) is 11.8. The van der Waals surface area contributed by atoms with Gasteiger partial charge in [0.1, 0.15) is 0 Å². The number of hydrogen-bond donors (Lipinski definition) is 1. The second-order valence-corrected chi connectivity index (χ2v) is 11.8. The average molecular weight is 591 g/mol. The van der Waals surface area contributed by atoms with Crippen LogP contribution in [0.3, 0.4) is 0 Å². The number of para-hydroxylation sites is 1. The Morgan fingerprint density at radius 2 is 1.07 bits per heavy atom. The molecule has 0 aromatic heterocycles. The van der Waals surface area contributed by atoms with Crippen LogP contribution in [0.15, 0.2) is 170 Å². The van der Waals surface area contributed by atoms with Crippen molar-refractivity contribution in [2.24, 2.45) is 0 Å². The summed E-state index contributed by atoms with van der Waals surface area (Å²) in [6, 6.07) is 60.3. The first-order valence-corrected chi connectivity index (χ1v) is 15.7. The molecule has 0 radical (unpaired) electrons. The van der Waals surface area contributed by atoms with E-state index in [1.807, 2.05) is 6.07 Å². The molecule has 1 unspecified atom stereocenters. The molecule has 0 bridgehead atoms. The van der Waals surface area contributed by atoms with Crippen molar-refractivity contribution >= 4 is 55.1 Å². The van der Waals surface area contributed by atoms with E-state index in [0.717, 1.165) is 44.8 Å². The number of nitrogens with one attached hydrogen (secondary N) is 1. The van der Waals surface area contributed by atoms with Crippen molar-refractivity contribution in [1.82, 2.24) is 0 Å². The topological polar surface area (TPSA) is 24.5 Å². The van der Waals surface area contributed by atoms with E-state index in [2.05, 4.69) is 174 Å². The van der Waals surface area contributed by atoms with Crippen LogP contribution in [0.25, 0.3) is 43.4 Å². The van der Waals surface area contributed by atoms with Gasteiger partial charge in [-0.2, -0.15) is 0 Å². The van der Waals surface area contributed by atoms with E-state index in [0.29, 0.717) is 0 Å². The number of fused-ring (bicyclic) bond motifs is 7. The van der Waals surface area contributed by atoms with Gasteiger partial charge in [0.2, 0.25) is 0 Å². The number of benzene rings is 8. The molecule has 0 saturated carbocycles. The summed E-state index contributed by atoms with van der Waals surface area (Å²) in [7, 11) is 0. The van der Waals surface area contributed by atoms with E-state index in [1.54, 1.807) is 0 Å². The van der Waals surface area contributed by atoms with Gasteiger partial charge in [0, 0.05) is 33.4 Å². The standard InChI is InChI=1S/C43H30N2O/c1-4-12-29(13-5-1)33-21-24-37-38-25-23-36(28-40(38)42-41(39(37)27-33)44-43(46-42)31-15-6-2-7-16-31)45(34-18-8-3-9-19-34)35-22-20-30-14-10-11-17-32(30)26-35/h1-28,43-44H. The van der Waals surface area contributed by atoms with Crippen molar-refractivity contribution in [2.45, 2.75) is 6.23 Å². The number of rotatable bonds is 5. The second kappa shape index (κ2) is 10.8. The lowest BCUT2D eigenvalue weighted by Crippen LogP contribution is -2.10. The van der Waals surface area contributed by atoms with E-state index in [1.165, 1.54) is 32.7 Å². The van der Waals surface area contributed by atoms with Gasteiger partial charge in [-0.1, -0.05) is 127 Å². The van der Waals surface area contributed by atoms with Gasteiger partial charge >= 0.3 is 0 Å². The van der Waals surface area contributed by atoms with Crippen molar-refractivity contribution in [3.63, 3.8) is 0 Å². The average Bonchev–Trinajstić information content (AvgIpc) is 3.59. The molecule has 3 heteroatoms. The van der Waals surface area contributed by atoms with Crippen LogP contribution >= 0.6 is 0 Å². The first kappa shape index (κ1) is 26.4. The van der Waals surface area contributed by atoms with Crippen LogP contribution in [0.2, 0.25) is 0 Å². The Morgan fingerprint density at radius 1 is 0.435 bits per heavy atom. The van der Waals surface area contributed by atoms with Crippen molar-refractivity contribution in [2.75, 3.05) is 10.2 Å². The highest BCUT2D eigenvalue weighted by Gasteiger charge is 2.29. The molecule has 9 rings (SSSR count). The largest absolute Gasteiger partial charge is 0.464 e. The van der Waals surface area contributed by atoms with Crippen LogP contribution < -0.4 is 15.0 Å². The summed E-state index contributed by atoms with van der Waals surface area (Å²) in [5.41, 5.74) is 7.78. The van der Waals surface area contributed by atoms with E-state index >= 15 is 0 Å². The minimum Gasteiger partial charge on any atom is -0.464 e. The molecule has 1 atom stereocenters. The molecule has 0 spiro atoms. The molecule has 218 valence electrons. The Kier molecular flexibility index (Phi) is 6.20. The zero-order valence-corrected chi connectivity index (χ0v) is 25.1. The lowest BCUT2D eigenvalue weighted by atomic mass is 9.95. The highest BCUT2D eigenvalue weighted by molar-refractivity contribution is 6.19. The monoisotopic (exact) mass is 590 g/mol. The fraction of sp³-hybridized carbons (Fsp3) is 0.0233. The van der Waals surface area contributed by atoms with Crippen molar-refractivity contribution in [3.8, 4) is 16.9 Å². The molecule has 8 aromatic carbocycles. The Morgan fingerprint density at radius 3 is 1.87 bits per heavy atom. The van der Waals surface area contributed by atoms with Gasteiger partial charge in [-0.05, 0) is 75.1 Å². The van der Waals surface area contributed by atoms with Gasteiger partial charge in [-0.15, -0.1) is 0 Å². The Labute approximate surface area is 267 Å². The minimum absolute atomic E-state index is 0.278. The zero-order chi connectivity index (χ0) is 30.5. The fourth-order valence-electron chi connectivity index (χ4n) is 6.81. The predicted molar refractivity (Wildman–Crippen MR) is 193 cm³/mol. The molecule has 1 aliphatic heterocycles. The van der Waals surface area contributed by atoms with Gasteiger partial charge < -0.3 is 15.0 Å². The summed E-state index contributed by atoms with van der Waals surface area (Å²) < 4.78 is 6.83. The molecule has 1 aliphatic rings. The van der Waals surface area contributed by atoms with E-state index in [-0.39, 0.29) is 6.23 Å². The maximum absolute atomic E-state index is 6.83. The smallest absolute Gasteiger partial charge is 0.196 e. The molecule has 1 heterocycles. The maximum Gasteiger partial charge on any atom is 0.196 e. The van der Waals surface area contributed by atoms with Gasteiger partial charge in [-0.25, -0.2) is 0 Å². The molecule has 1 N–H and O–H groups in total. The highest BCUT2D eigenvalue weighted by Crippen LogP contribution is 2.51. The van der Waals surface area contributed by atoms with Crippen LogP contribution in [0.4, 0.5) is 22.7 Å². The van der Waals surface area contributed by atoms with E-state index < -0.39 is 0 Å². The molecular weight excluding hydrogens is 560 g/mol. The van der Waals surface area contributed by atoms with Gasteiger partial charge in [0.25, 0.3) is 0 Å². The predicted octanol–water partition coefficient (Wildman–Crippen LogP) is 11.8. The SMILES string of the molecule is c1ccc(-c2ccc3c(c2)c2c(c4cc(N(c5ccccc5)c5ccc6ccccc6c5)ccc43)OC(c3ccccc3)N2)cc1. The number of nitrogens with zero attached hydrogens (tertiary/aromatic N) is 1. The van der Waals surface area contributed by atoms with Gasteiger partial charge in [-0.3, -0.25) is 0 Å². The van der Waals surface area contributed by atoms with Crippen molar-refractivity contribution in [1.29, 1.82) is 0 Å². The van der Waals surface area contributed by atoms with Crippen LogP contribution in [0.5, 0.6) is 5.75 Å². The Bertz CT molecular complexity index is 2370. The lowest BCUT2D eigenvalue weighted by molar-refractivity contribution is 0.262. The minimum atomic E-state index is -0.278. The van der Waals surface area contributed by atoms with Crippen LogP contribution in [-0.2, 0) is 0 Å². The third kappa shape index (κ3) is 4.44. The Hall–Kier alpha value is -6.06. The third-order valence-corrected chi connectivity index (χ3v) is 9.04. The van der Waals surface area contributed by atoms with Crippen molar-refractivity contribution in [3.05, 3.63) is 175 Å². The molecule has 0 saturated heterocycles. The molecule has 0 aliphatic carbocycles. The zero-order valence-electron chi connectivity index (χ0n) is 25.1. The molecule has 0 amide bonds. The summed E-state index contributed by atoms with van der Waals surface area (Å²) in [5, 5.41) is 10.8. The normalized spacial score (nSPS) is 13.8. The van der Waals surface area contributed by atoms with Crippen LogP contribution in [0.1, 0.15) is 11.8 Å². The first-order valence-electron chi connectivity index (χ1n) is 15.7. The van der Waals surface area contributed by atoms with Crippen LogP contribution in [0, 0.1) is 0 Å². The summed E-state index contributed by atoms with van der Waals surface area (Å²) in [6.45, 7) is 0. The fourth-order valence-corrected chi connectivity index (χ4v) is 6.81. The summed E-state index contributed by atoms with van der Waals surface area (Å²) >= 11 is 0. The van der Waals surface area contributed by atoms with E-state index in [4.69, 9.17) is 4.74 Å². The number of ether oxygens (including phenoxy) is 1. The van der Waals surface area contributed by atoms with Crippen LogP contribution in [-0.4, -0.2) is 0 Å². The Balaban J connectivity index is 1.27.